The van der Waals surface area contributed by atoms with Gasteiger partial charge in [-0.05, 0) is 30.0 Å². The van der Waals surface area contributed by atoms with E-state index in [1.54, 1.807) is 22.0 Å². The normalized spacial score (nSPS) is 18.8. The summed E-state index contributed by atoms with van der Waals surface area (Å²) in [5.41, 5.74) is 7.06. The molecular weight excluding hydrogens is 432 g/mol. The largest absolute Gasteiger partial charge is 0.488 e. The topological polar surface area (TPSA) is 99.7 Å². The van der Waals surface area contributed by atoms with E-state index in [0.29, 0.717) is 31.1 Å². The molecule has 1 amide bonds. The minimum absolute atomic E-state index is 0.134. The average Bonchev–Trinajstić information content (AvgIpc) is 3.45. The number of benzene rings is 1. The van der Waals surface area contributed by atoms with Crippen molar-refractivity contribution in [1.82, 2.24) is 14.5 Å². The van der Waals surface area contributed by atoms with Crippen LogP contribution in [0, 0.1) is 0 Å². The van der Waals surface area contributed by atoms with Crippen molar-refractivity contribution in [1.29, 1.82) is 0 Å². The maximum absolute atomic E-state index is 13.7. The SMILES string of the molecule is CCCCCC[C@H](C(=O)N1C[C@@H](Oc2ccc(C(C)C)cc2)C[C@H]1C(=O)OC)n1cnc(N)c1. The van der Waals surface area contributed by atoms with E-state index >= 15 is 0 Å². The molecule has 186 valence electrons. The minimum Gasteiger partial charge on any atom is -0.488 e. The number of unbranched alkanes of at least 4 members (excludes halogenated alkanes) is 3. The second-order valence-corrected chi connectivity index (χ2v) is 9.34. The molecule has 1 aromatic heterocycles. The fourth-order valence-electron chi connectivity index (χ4n) is 4.49. The van der Waals surface area contributed by atoms with E-state index in [9.17, 15) is 9.59 Å². The van der Waals surface area contributed by atoms with Crippen LogP contribution in [0.4, 0.5) is 5.82 Å². The van der Waals surface area contributed by atoms with Gasteiger partial charge < -0.3 is 24.7 Å². The van der Waals surface area contributed by atoms with Gasteiger partial charge >= 0.3 is 5.97 Å². The van der Waals surface area contributed by atoms with Crippen molar-refractivity contribution in [2.45, 2.75) is 83.4 Å². The highest BCUT2D eigenvalue weighted by Crippen LogP contribution is 2.29. The molecule has 0 aliphatic carbocycles. The summed E-state index contributed by atoms with van der Waals surface area (Å²) in [6.45, 7) is 6.76. The molecule has 0 spiro atoms. The second kappa shape index (κ2) is 11.9. The van der Waals surface area contributed by atoms with Crippen LogP contribution in [0.5, 0.6) is 5.75 Å². The van der Waals surface area contributed by atoms with Crippen molar-refractivity contribution >= 4 is 17.7 Å². The molecule has 1 saturated heterocycles. The maximum Gasteiger partial charge on any atom is 0.328 e. The van der Waals surface area contributed by atoms with Crippen molar-refractivity contribution < 1.29 is 19.1 Å². The van der Waals surface area contributed by atoms with Gasteiger partial charge in [-0.1, -0.05) is 58.6 Å². The Labute approximate surface area is 202 Å². The monoisotopic (exact) mass is 470 g/mol. The van der Waals surface area contributed by atoms with Crippen LogP contribution in [-0.4, -0.2) is 52.1 Å². The molecule has 8 nitrogen and oxygen atoms in total. The number of likely N-dealkylation sites (tertiary alicyclic amines) is 1. The Bertz CT molecular complexity index is 941. The molecule has 3 atom stereocenters. The van der Waals surface area contributed by atoms with Crippen LogP contribution >= 0.6 is 0 Å². The van der Waals surface area contributed by atoms with Gasteiger partial charge in [-0.2, -0.15) is 0 Å². The second-order valence-electron chi connectivity index (χ2n) is 9.34. The van der Waals surface area contributed by atoms with Gasteiger partial charge in [0, 0.05) is 12.6 Å². The molecule has 2 N–H and O–H groups in total. The lowest BCUT2D eigenvalue weighted by atomic mass is 10.0. The highest BCUT2D eigenvalue weighted by Gasteiger charge is 2.43. The molecule has 0 saturated carbocycles. The van der Waals surface area contributed by atoms with Crippen LogP contribution in [0.15, 0.2) is 36.8 Å². The van der Waals surface area contributed by atoms with Gasteiger partial charge in [0.15, 0.2) is 0 Å². The molecule has 1 aliphatic heterocycles. The van der Waals surface area contributed by atoms with Crippen molar-refractivity contribution in [3.8, 4) is 5.75 Å². The first-order chi connectivity index (χ1) is 16.3. The van der Waals surface area contributed by atoms with E-state index < -0.39 is 18.1 Å². The Kier molecular flexibility index (Phi) is 8.96. The van der Waals surface area contributed by atoms with Crippen LogP contribution in [0.2, 0.25) is 0 Å². The number of nitrogen functional groups attached to an aromatic ring is 1. The van der Waals surface area contributed by atoms with E-state index in [0.717, 1.165) is 31.4 Å². The molecule has 0 unspecified atom stereocenters. The van der Waals surface area contributed by atoms with E-state index in [1.165, 1.54) is 12.7 Å². The lowest BCUT2D eigenvalue weighted by Crippen LogP contribution is -2.44. The number of anilines is 1. The van der Waals surface area contributed by atoms with Crippen molar-refractivity contribution in [2.75, 3.05) is 19.4 Å². The summed E-state index contributed by atoms with van der Waals surface area (Å²) in [4.78, 5) is 32.1. The number of rotatable bonds is 11. The van der Waals surface area contributed by atoms with Crippen molar-refractivity contribution in [3.05, 3.63) is 42.4 Å². The van der Waals surface area contributed by atoms with Crippen LogP contribution in [0.1, 0.15) is 76.8 Å². The Morgan fingerprint density at radius 2 is 1.91 bits per heavy atom. The van der Waals surface area contributed by atoms with E-state index in [4.69, 9.17) is 15.2 Å². The quantitative estimate of drug-likeness (QED) is 0.388. The highest BCUT2D eigenvalue weighted by atomic mass is 16.5. The zero-order chi connectivity index (χ0) is 24.7. The number of imidazole rings is 1. The number of hydrogen-bond donors (Lipinski definition) is 1. The Morgan fingerprint density at radius 3 is 2.50 bits per heavy atom. The summed E-state index contributed by atoms with van der Waals surface area (Å²) in [7, 11) is 1.35. The van der Waals surface area contributed by atoms with E-state index in [-0.39, 0.29) is 12.0 Å². The van der Waals surface area contributed by atoms with E-state index in [2.05, 4.69) is 25.8 Å². The Balaban J connectivity index is 1.77. The first-order valence-electron chi connectivity index (χ1n) is 12.3. The smallest absolute Gasteiger partial charge is 0.328 e. The number of hydrogen-bond acceptors (Lipinski definition) is 6. The number of carbonyl (C=O) groups excluding carboxylic acids is 2. The third-order valence-electron chi connectivity index (χ3n) is 6.47. The summed E-state index contributed by atoms with van der Waals surface area (Å²) < 4.78 is 13.0. The van der Waals surface area contributed by atoms with Gasteiger partial charge in [0.1, 0.15) is 29.8 Å². The summed E-state index contributed by atoms with van der Waals surface area (Å²) in [5.74, 6) is 0.966. The van der Waals surface area contributed by atoms with Crippen LogP contribution < -0.4 is 10.5 Å². The molecule has 34 heavy (non-hydrogen) atoms. The van der Waals surface area contributed by atoms with Crippen LogP contribution in [0.3, 0.4) is 0 Å². The molecule has 1 aromatic carbocycles. The number of ether oxygens (including phenoxy) is 2. The summed E-state index contributed by atoms with van der Waals surface area (Å²) in [6.07, 6.45) is 8.19. The minimum atomic E-state index is -0.684. The summed E-state index contributed by atoms with van der Waals surface area (Å²) in [5, 5.41) is 0. The van der Waals surface area contributed by atoms with Crippen LogP contribution in [0.25, 0.3) is 0 Å². The zero-order valence-electron chi connectivity index (χ0n) is 20.8. The zero-order valence-corrected chi connectivity index (χ0v) is 20.8. The molecule has 1 fully saturated rings. The fraction of sp³-hybridized carbons (Fsp3) is 0.577. The van der Waals surface area contributed by atoms with Gasteiger partial charge in [-0.15, -0.1) is 0 Å². The number of nitrogens with two attached hydrogens (primary N) is 1. The van der Waals surface area contributed by atoms with Gasteiger partial charge in [0.25, 0.3) is 0 Å². The number of methoxy groups -OCH3 is 1. The molecular formula is C26H38N4O4. The first kappa shape index (κ1) is 25.6. The molecule has 8 heteroatoms. The standard InChI is InChI=1S/C26H38N4O4/c1-5-6-7-8-9-22(29-16-24(27)28-17-29)25(31)30-15-21(14-23(30)26(32)33-4)34-20-12-10-19(11-13-20)18(2)3/h10-13,16-18,21-23H,5-9,14-15,27H2,1-4H3/t21-,22+,23-/m0/s1. The molecule has 3 rings (SSSR count). The van der Waals surface area contributed by atoms with Gasteiger partial charge in [0.05, 0.1) is 20.0 Å². The molecule has 2 heterocycles. The molecule has 0 bridgehead atoms. The first-order valence-corrected chi connectivity index (χ1v) is 12.3. The Morgan fingerprint density at radius 1 is 1.18 bits per heavy atom. The van der Waals surface area contributed by atoms with Crippen molar-refractivity contribution in [3.63, 3.8) is 0 Å². The predicted molar refractivity (Wildman–Crippen MR) is 132 cm³/mol. The lowest BCUT2D eigenvalue weighted by Gasteiger charge is -2.28. The van der Waals surface area contributed by atoms with Gasteiger partial charge in [-0.3, -0.25) is 4.79 Å². The van der Waals surface area contributed by atoms with Gasteiger partial charge in [0.2, 0.25) is 5.91 Å². The molecule has 1 aliphatic rings. The predicted octanol–water partition coefficient (Wildman–Crippen LogP) is 4.32. The molecule has 0 radical (unpaired) electrons. The highest BCUT2D eigenvalue weighted by molar-refractivity contribution is 5.87. The maximum atomic E-state index is 13.7. The Hall–Kier alpha value is -3.03. The number of carbonyl (C=O) groups is 2. The number of amides is 1. The summed E-state index contributed by atoms with van der Waals surface area (Å²) in [6, 6.07) is 6.82. The molecule has 2 aromatic rings. The average molecular weight is 471 g/mol. The van der Waals surface area contributed by atoms with Crippen molar-refractivity contribution in [2.24, 2.45) is 0 Å². The third-order valence-corrected chi connectivity index (χ3v) is 6.47. The van der Waals surface area contributed by atoms with Gasteiger partial charge in [-0.25, -0.2) is 9.78 Å². The fourth-order valence-corrected chi connectivity index (χ4v) is 4.49. The lowest BCUT2D eigenvalue weighted by molar-refractivity contribution is -0.152. The number of nitrogens with zero attached hydrogens (tertiary/aromatic N) is 3. The number of aromatic nitrogens is 2. The van der Waals surface area contributed by atoms with Crippen LogP contribution in [-0.2, 0) is 14.3 Å². The number of esters is 1. The van der Waals surface area contributed by atoms with E-state index in [1.807, 2.05) is 24.3 Å². The summed E-state index contributed by atoms with van der Waals surface area (Å²) >= 11 is 0. The third kappa shape index (κ3) is 6.30.